The van der Waals surface area contributed by atoms with Crippen molar-refractivity contribution < 1.29 is 0 Å². The van der Waals surface area contributed by atoms with Crippen LogP contribution in [-0.2, 0) is 0 Å². The van der Waals surface area contributed by atoms with Gasteiger partial charge < -0.3 is 5.73 Å². The van der Waals surface area contributed by atoms with Gasteiger partial charge in [0.05, 0.1) is 10.5 Å². The number of pyridine rings is 1. The zero-order chi connectivity index (χ0) is 11.9. The molecule has 84 valence electrons. The molecule has 0 saturated heterocycles. The third-order valence-corrected chi connectivity index (χ3v) is 3.10. The van der Waals surface area contributed by atoms with Crippen LogP contribution in [0, 0.1) is 0 Å². The lowest BCUT2D eigenvalue weighted by Gasteiger charge is -2.12. The third-order valence-electron chi connectivity index (χ3n) is 2.58. The van der Waals surface area contributed by atoms with E-state index in [0.717, 1.165) is 16.5 Å². The Bertz CT molecular complexity index is 550. The quantitative estimate of drug-likeness (QED) is 0.827. The predicted molar refractivity (Wildman–Crippen MR) is 70.3 cm³/mol. The lowest BCUT2D eigenvalue weighted by Crippen LogP contribution is -1.99. The first kappa shape index (κ1) is 11.5. The number of fused-ring (bicyclic) bond motifs is 1. The van der Waals surface area contributed by atoms with E-state index >= 15 is 0 Å². The standard InChI is InChI=1S/C12H12Cl2N2/c1-6(2)8-5-16-10-4-7(13)3-9(14)11(10)12(8)15/h3-6H,1-2H3,(H2,15,16). The maximum Gasteiger partial charge on any atom is 0.0752 e. The first-order valence-electron chi connectivity index (χ1n) is 5.04. The Hall–Kier alpha value is -0.990. The molecule has 1 heterocycles. The SMILES string of the molecule is CC(C)c1cnc2cc(Cl)cc(Cl)c2c1N. The summed E-state index contributed by atoms with van der Waals surface area (Å²) >= 11 is 12.1. The maximum atomic E-state index is 6.14. The largest absolute Gasteiger partial charge is 0.398 e. The molecule has 0 spiro atoms. The highest BCUT2D eigenvalue weighted by Crippen LogP contribution is 2.34. The Balaban J connectivity index is 2.84. The van der Waals surface area contributed by atoms with E-state index in [2.05, 4.69) is 18.8 Å². The summed E-state index contributed by atoms with van der Waals surface area (Å²) in [4.78, 5) is 4.34. The Morgan fingerprint density at radius 1 is 1.25 bits per heavy atom. The van der Waals surface area contributed by atoms with Crippen molar-refractivity contribution in [1.29, 1.82) is 0 Å². The van der Waals surface area contributed by atoms with Gasteiger partial charge in [0.15, 0.2) is 0 Å². The molecule has 1 aromatic heterocycles. The Morgan fingerprint density at radius 3 is 2.56 bits per heavy atom. The zero-order valence-corrected chi connectivity index (χ0v) is 10.6. The molecule has 0 radical (unpaired) electrons. The van der Waals surface area contributed by atoms with E-state index in [9.17, 15) is 0 Å². The number of nitrogens with two attached hydrogens (primary N) is 1. The van der Waals surface area contributed by atoms with Crippen LogP contribution in [0.2, 0.25) is 10.0 Å². The summed E-state index contributed by atoms with van der Waals surface area (Å²) in [6.45, 7) is 4.14. The van der Waals surface area contributed by atoms with Gasteiger partial charge in [0.2, 0.25) is 0 Å². The summed E-state index contributed by atoms with van der Waals surface area (Å²) in [5.74, 6) is 0.323. The van der Waals surface area contributed by atoms with Crippen molar-refractivity contribution >= 4 is 39.8 Å². The Kier molecular flexibility index (Phi) is 2.96. The maximum absolute atomic E-state index is 6.14. The van der Waals surface area contributed by atoms with Crippen LogP contribution in [0.4, 0.5) is 5.69 Å². The molecule has 0 aliphatic rings. The number of halogens is 2. The van der Waals surface area contributed by atoms with E-state index in [1.165, 1.54) is 0 Å². The van der Waals surface area contributed by atoms with Crippen molar-refractivity contribution in [3.05, 3.63) is 33.9 Å². The molecule has 1 aromatic carbocycles. The normalized spacial score (nSPS) is 11.3. The summed E-state index contributed by atoms with van der Waals surface area (Å²) < 4.78 is 0. The first-order chi connectivity index (χ1) is 7.50. The highest BCUT2D eigenvalue weighted by molar-refractivity contribution is 6.39. The minimum atomic E-state index is 0.323. The molecule has 0 fully saturated rings. The molecular weight excluding hydrogens is 243 g/mol. The fourth-order valence-corrected chi connectivity index (χ4v) is 2.33. The van der Waals surface area contributed by atoms with Crippen LogP contribution in [0.1, 0.15) is 25.3 Å². The number of hydrogen-bond donors (Lipinski definition) is 1. The topological polar surface area (TPSA) is 38.9 Å². The van der Waals surface area contributed by atoms with Gasteiger partial charge in [0, 0.05) is 22.3 Å². The van der Waals surface area contributed by atoms with E-state index in [-0.39, 0.29) is 0 Å². The Morgan fingerprint density at radius 2 is 1.94 bits per heavy atom. The molecule has 0 aliphatic heterocycles. The van der Waals surface area contributed by atoms with Crippen LogP contribution >= 0.6 is 23.2 Å². The van der Waals surface area contributed by atoms with Gasteiger partial charge in [0.25, 0.3) is 0 Å². The van der Waals surface area contributed by atoms with Crippen molar-refractivity contribution in [3.8, 4) is 0 Å². The van der Waals surface area contributed by atoms with E-state index in [4.69, 9.17) is 28.9 Å². The molecular formula is C12H12Cl2N2. The molecule has 2 N–H and O–H groups in total. The van der Waals surface area contributed by atoms with E-state index < -0.39 is 0 Å². The molecule has 0 bridgehead atoms. The Labute approximate surface area is 104 Å². The molecule has 4 heteroatoms. The highest BCUT2D eigenvalue weighted by Gasteiger charge is 2.12. The van der Waals surface area contributed by atoms with E-state index in [1.807, 2.05) is 0 Å². The number of aromatic nitrogens is 1. The number of nitrogen functional groups attached to an aromatic ring is 1. The molecule has 2 rings (SSSR count). The molecule has 2 aromatic rings. The summed E-state index contributed by atoms with van der Waals surface area (Å²) in [6.07, 6.45) is 1.79. The molecule has 0 atom stereocenters. The van der Waals surface area contributed by atoms with Crippen LogP contribution in [0.5, 0.6) is 0 Å². The van der Waals surface area contributed by atoms with E-state index in [0.29, 0.717) is 21.7 Å². The molecule has 0 unspecified atom stereocenters. The smallest absolute Gasteiger partial charge is 0.0752 e. The van der Waals surface area contributed by atoms with Crippen molar-refractivity contribution in [2.24, 2.45) is 0 Å². The first-order valence-corrected chi connectivity index (χ1v) is 5.79. The molecule has 0 saturated carbocycles. The summed E-state index contributed by atoms with van der Waals surface area (Å²) in [5.41, 5.74) is 8.55. The van der Waals surface area contributed by atoms with Gasteiger partial charge in [-0.15, -0.1) is 0 Å². The lowest BCUT2D eigenvalue weighted by atomic mass is 10.0. The number of hydrogen-bond acceptors (Lipinski definition) is 2. The van der Waals surface area contributed by atoms with Crippen molar-refractivity contribution in [2.45, 2.75) is 19.8 Å². The van der Waals surface area contributed by atoms with Crippen LogP contribution in [0.15, 0.2) is 18.3 Å². The predicted octanol–water partition coefficient (Wildman–Crippen LogP) is 4.25. The number of anilines is 1. The van der Waals surface area contributed by atoms with Gasteiger partial charge in [-0.3, -0.25) is 4.98 Å². The lowest BCUT2D eigenvalue weighted by molar-refractivity contribution is 0.865. The summed E-state index contributed by atoms with van der Waals surface area (Å²) in [6, 6.07) is 3.46. The van der Waals surface area contributed by atoms with Gasteiger partial charge >= 0.3 is 0 Å². The number of nitrogens with zero attached hydrogens (tertiary/aromatic N) is 1. The van der Waals surface area contributed by atoms with Crippen molar-refractivity contribution in [3.63, 3.8) is 0 Å². The fourth-order valence-electron chi connectivity index (χ4n) is 1.74. The van der Waals surface area contributed by atoms with Crippen LogP contribution in [0.3, 0.4) is 0 Å². The average molecular weight is 255 g/mol. The second kappa shape index (κ2) is 4.11. The van der Waals surface area contributed by atoms with Crippen LogP contribution < -0.4 is 5.73 Å². The molecule has 16 heavy (non-hydrogen) atoms. The number of rotatable bonds is 1. The van der Waals surface area contributed by atoms with Crippen molar-refractivity contribution in [2.75, 3.05) is 5.73 Å². The van der Waals surface area contributed by atoms with Crippen LogP contribution in [0.25, 0.3) is 10.9 Å². The summed E-state index contributed by atoms with van der Waals surface area (Å²) in [7, 11) is 0. The van der Waals surface area contributed by atoms with Gasteiger partial charge in [0.1, 0.15) is 0 Å². The van der Waals surface area contributed by atoms with Crippen LogP contribution in [-0.4, -0.2) is 4.98 Å². The monoisotopic (exact) mass is 254 g/mol. The highest BCUT2D eigenvalue weighted by atomic mass is 35.5. The van der Waals surface area contributed by atoms with E-state index in [1.54, 1.807) is 18.3 Å². The summed E-state index contributed by atoms with van der Waals surface area (Å²) in [5, 5.41) is 1.91. The fraction of sp³-hybridized carbons (Fsp3) is 0.250. The minimum Gasteiger partial charge on any atom is -0.398 e. The third kappa shape index (κ3) is 1.83. The van der Waals surface area contributed by atoms with Gasteiger partial charge in [-0.2, -0.15) is 0 Å². The minimum absolute atomic E-state index is 0.323. The zero-order valence-electron chi connectivity index (χ0n) is 9.09. The van der Waals surface area contributed by atoms with Gasteiger partial charge in [-0.25, -0.2) is 0 Å². The van der Waals surface area contributed by atoms with Crippen molar-refractivity contribution in [1.82, 2.24) is 4.98 Å². The molecule has 0 aliphatic carbocycles. The molecule has 0 amide bonds. The second-order valence-corrected chi connectivity index (χ2v) is 4.91. The average Bonchev–Trinajstić information content (AvgIpc) is 2.15. The number of benzene rings is 1. The molecule has 2 nitrogen and oxygen atoms in total. The second-order valence-electron chi connectivity index (χ2n) is 4.06. The van der Waals surface area contributed by atoms with Gasteiger partial charge in [-0.1, -0.05) is 37.0 Å². The van der Waals surface area contributed by atoms with Gasteiger partial charge in [-0.05, 0) is 23.6 Å².